The Labute approximate surface area is 162 Å². The van der Waals surface area contributed by atoms with E-state index in [1.54, 1.807) is 34.3 Å². The molecule has 1 amide bonds. The SMILES string of the molecule is O=C(NCc1ccc(Cn2cncn2)cc1)C1=CC=CN2CCS(=O)(=O)N=C12. The Hall–Kier alpha value is -3.27. The Morgan fingerprint density at radius 1 is 1.18 bits per heavy atom. The first-order valence-corrected chi connectivity index (χ1v) is 10.3. The highest BCUT2D eigenvalue weighted by atomic mass is 32.2. The highest BCUT2D eigenvalue weighted by molar-refractivity contribution is 7.90. The van der Waals surface area contributed by atoms with Crippen LogP contribution in [0.3, 0.4) is 0 Å². The zero-order chi connectivity index (χ0) is 19.6. The highest BCUT2D eigenvalue weighted by Gasteiger charge is 2.29. The number of carbonyl (C=O) groups excluding carboxylic acids is 1. The topological polar surface area (TPSA) is 110 Å². The molecule has 2 aliphatic rings. The molecule has 10 heteroatoms. The number of hydrogen-bond donors (Lipinski definition) is 1. The first kappa shape index (κ1) is 18.1. The molecule has 28 heavy (non-hydrogen) atoms. The van der Waals surface area contributed by atoms with Gasteiger partial charge in [0.2, 0.25) is 0 Å². The predicted molar refractivity (Wildman–Crippen MR) is 103 cm³/mol. The Balaban J connectivity index is 1.41. The maximum atomic E-state index is 12.6. The molecule has 0 bridgehead atoms. The summed E-state index contributed by atoms with van der Waals surface area (Å²) in [6.07, 6.45) is 8.15. The van der Waals surface area contributed by atoms with E-state index in [4.69, 9.17) is 0 Å². The maximum absolute atomic E-state index is 12.6. The Bertz CT molecular complexity index is 1070. The van der Waals surface area contributed by atoms with Crippen LogP contribution in [0.2, 0.25) is 0 Å². The van der Waals surface area contributed by atoms with Gasteiger partial charge in [-0.15, -0.1) is 4.40 Å². The molecule has 0 fully saturated rings. The molecule has 1 N–H and O–H groups in total. The lowest BCUT2D eigenvalue weighted by molar-refractivity contribution is -0.117. The average molecular weight is 398 g/mol. The lowest BCUT2D eigenvalue weighted by atomic mass is 10.1. The molecule has 0 unspecified atom stereocenters. The minimum atomic E-state index is -3.53. The first-order chi connectivity index (χ1) is 13.5. The summed E-state index contributed by atoms with van der Waals surface area (Å²) >= 11 is 0. The van der Waals surface area contributed by atoms with Gasteiger partial charge >= 0.3 is 0 Å². The molecule has 4 rings (SSSR count). The van der Waals surface area contributed by atoms with Crippen LogP contribution in [0.15, 0.2) is 65.2 Å². The van der Waals surface area contributed by atoms with Gasteiger partial charge in [-0.3, -0.25) is 4.79 Å². The van der Waals surface area contributed by atoms with Crippen LogP contribution in [0.1, 0.15) is 11.1 Å². The number of aromatic nitrogens is 3. The van der Waals surface area contributed by atoms with Gasteiger partial charge in [0.05, 0.1) is 17.9 Å². The number of fused-ring (bicyclic) bond motifs is 1. The summed E-state index contributed by atoms with van der Waals surface area (Å²) in [5.74, 6) is -0.247. The van der Waals surface area contributed by atoms with Crippen LogP contribution >= 0.6 is 0 Å². The van der Waals surface area contributed by atoms with Gasteiger partial charge in [0.15, 0.2) is 5.84 Å². The van der Waals surface area contributed by atoms with Gasteiger partial charge in [0, 0.05) is 19.3 Å². The van der Waals surface area contributed by atoms with Gasteiger partial charge in [-0.2, -0.15) is 5.10 Å². The molecule has 2 aromatic rings. The fraction of sp³-hybridized carbons (Fsp3) is 0.222. The number of amides is 1. The highest BCUT2D eigenvalue weighted by Crippen LogP contribution is 2.18. The standard InChI is InChI=1S/C18H18N6O3S/c25-18(16-2-1-7-23-8-9-28(26,27)22-17(16)23)20-10-14-3-5-15(6-4-14)11-24-13-19-12-21-24/h1-7,12-13H,8-11H2,(H,20,25). The van der Waals surface area contributed by atoms with Crippen molar-refractivity contribution in [2.75, 3.05) is 12.3 Å². The van der Waals surface area contributed by atoms with Crippen LogP contribution in [0, 0.1) is 0 Å². The van der Waals surface area contributed by atoms with Crippen molar-refractivity contribution in [1.82, 2.24) is 25.0 Å². The van der Waals surface area contributed by atoms with Gasteiger partial charge in [-0.1, -0.05) is 24.3 Å². The van der Waals surface area contributed by atoms with Crippen molar-refractivity contribution in [3.05, 3.63) is 72.0 Å². The van der Waals surface area contributed by atoms with E-state index in [1.807, 2.05) is 24.3 Å². The zero-order valence-corrected chi connectivity index (χ0v) is 15.7. The number of amidine groups is 1. The molecule has 3 heterocycles. The van der Waals surface area contributed by atoms with E-state index >= 15 is 0 Å². The van der Waals surface area contributed by atoms with Crippen LogP contribution < -0.4 is 5.32 Å². The summed E-state index contributed by atoms with van der Waals surface area (Å²) in [4.78, 5) is 18.2. The summed E-state index contributed by atoms with van der Waals surface area (Å²) < 4.78 is 29.1. The molecule has 144 valence electrons. The number of nitrogens with one attached hydrogen (secondary N) is 1. The third kappa shape index (κ3) is 4.01. The van der Waals surface area contributed by atoms with Crippen molar-refractivity contribution in [3.63, 3.8) is 0 Å². The summed E-state index contributed by atoms with van der Waals surface area (Å²) in [7, 11) is -3.53. The van der Waals surface area contributed by atoms with E-state index in [1.165, 1.54) is 6.33 Å². The normalized spacial score (nSPS) is 17.5. The van der Waals surface area contributed by atoms with Crippen molar-refractivity contribution in [2.24, 2.45) is 4.40 Å². The number of allylic oxidation sites excluding steroid dienone is 2. The first-order valence-electron chi connectivity index (χ1n) is 8.67. The van der Waals surface area contributed by atoms with Gasteiger partial charge in [0.1, 0.15) is 12.7 Å². The molecule has 2 aliphatic heterocycles. The second kappa shape index (κ2) is 7.39. The average Bonchev–Trinajstić information content (AvgIpc) is 3.19. The van der Waals surface area contributed by atoms with Crippen molar-refractivity contribution in [1.29, 1.82) is 0 Å². The summed E-state index contributed by atoms with van der Waals surface area (Å²) in [6, 6.07) is 7.78. The quantitative estimate of drug-likeness (QED) is 0.783. The molecular formula is C18H18N6O3S. The number of carbonyl (C=O) groups is 1. The van der Waals surface area contributed by atoms with Crippen molar-refractivity contribution in [3.8, 4) is 0 Å². The van der Waals surface area contributed by atoms with Crippen LogP contribution in [0.4, 0.5) is 0 Å². The van der Waals surface area contributed by atoms with Crippen molar-refractivity contribution in [2.45, 2.75) is 13.1 Å². The van der Waals surface area contributed by atoms with E-state index in [9.17, 15) is 13.2 Å². The monoisotopic (exact) mass is 398 g/mol. The predicted octanol–water partition coefficient (Wildman–Crippen LogP) is 0.440. The molecule has 1 aromatic heterocycles. The number of sulfonamides is 1. The fourth-order valence-electron chi connectivity index (χ4n) is 2.93. The van der Waals surface area contributed by atoms with E-state index in [-0.39, 0.29) is 29.6 Å². The number of hydrogen-bond acceptors (Lipinski definition) is 6. The zero-order valence-electron chi connectivity index (χ0n) is 14.9. The molecule has 0 saturated heterocycles. The van der Waals surface area contributed by atoms with Gasteiger partial charge in [0.25, 0.3) is 15.9 Å². The van der Waals surface area contributed by atoms with Crippen LogP contribution in [0.25, 0.3) is 0 Å². The lowest BCUT2D eigenvalue weighted by Crippen LogP contribution is -2.42. The molecular weight excluding hydrogens is 380 g/mol. The molecule has 0 radical (unpaired) electrons. The van der Waals surface area contributed by atoms with E-state index in [2.05, 4.69) is 19.8 Å². The molecule has 0 atom stereocenters. The minimum absolute atomic E-state index is 0.0588. The van der Waals surface area contributed by atoms with Crippen molar-refractivity contribution < 1.29 is 13.2 Å². The summed E-state index contributed by atoms with van der Waals surface area (Å²) in [6.45, 7) is 1.23. The second-order valence-corrected chi connectivity index (χ2v) is 8.16. The maximum Gasteiger partial charge on any atom is 0.256 e. The van der Waals surface area contributed by atoms with Gasteiger partial charge in [-0.25, -0.2) is 18.1 Å². The van der Waals surface area contributed by atoms with Crippen LogP contribution in [-0.2, 0) is 27.9 Å². The fourth-order valence-corrected chi connectivity index (χ4v) is 3.92. The molecule has 1 aromatic carbocycles. The Kier molecular flexibility index (Phi) is 4.78. The lowest BCUT2D eigenvalue weighted by Gasteiger charge is -2.28. The summed E-state index contributed by atoms with van der Waals surface area (Å²) in [5, 5.41) is 6.89. The molecule has 0 spiro atoms. The molecule has 0 aliphatic carbocycles. The molecule has 0 saturated carbocycles. The van der Waals surface area contributed by atoms with E-state index in [0.717, 1.165) is 11.1 Å². The molecule has 9 nitrogen and oxygen atoms in total. The van der Waals surface area contributed by atoms with E-state index < -0.39 is 10.0 Å². The summed E-state index contributed by atoms with van der Waals surface area (Å²) in [5.41, 5.74) is 2.24. The number of rotatable bonds is 5. The number of nitrogens with zero attached hydrogens (tertiary/aromatic N) is 5. The van der Waals surface area contributed by atoms with Gasteiger partial charge in [-0.05, 0) is 23.3 Å². The van der Waals surface area contributed by atoms with Crippen molar-refractivity contribution >= 4 is 21.8 Å². The van der Waals surface area contributed by atoms with Gasteiger partial charge < -0.3 is 10.2 Å². The van der Waals surface area contributed by atoms with E-state index in [0.29, 0.717) is 13.1 Å². The number of benzene rings is 1. The van der Waals surface area contributed by atoms with Crippen LogP contribution in [0.5, 0.6) is 0 Å². The third-order valence-electron chi connectivity index (χ3n) is 4.39. The smallest absolute Gasteiger partial charge is 0.256 e. The largest absolute Gasteiger partial charge is 0.348 e. The van der Waals surface area contributed by atoms with Crippen LogP contribution in [-0.4, -0.2) is 52.1 Å². The Morgan fingerprint density at radius 2 is 1.96 bits per heavy atom. The Morgan fingerprint density at radius 3 is 2.71 bits per heavy atom. The second-order valence-electron chi connectivity index (χ2n) is 6.41. The minimum Gasteiger partial charge on any atom is -0.348 e. The third-order valence-corrected chi connectivity index (χ3v) is 5.54.